The number of halogens is 1. The van der Waals surface area contributed by atoms with Crippen molar-refractivity contribution in [1.29, 1.82) is 0 Å². The van der Waals surface area contributed by atoms with E-state index in [2.05, 4.69) is 20.8 Å². The second-order valence-electron chi connectivity index (χ2n) is 8.30. The van der Waals surface area contributed by atoms with Gasteiger partial charge in [-0.2, -0.15) is 4.31 Å². The number of hydrogen-bond acceptors (Lipinski definition) is 4. The molecule has 6 nitrogen and oxygen atoms in total. The number of carbonyl (C=O) groups is 1. The molecule has 162 valence electrons. The third kappa shape index (κ3) is 5.33. The van der Waals surface area contributed by atoms with E-state index in [0.717, 1.165) is 5.56 Å². The first-order valence-electron chi connectivity index (χ1n) is 9.84. The van der Waals surface area contributed by atoms with Gasteiger partial charge in [-0.05, 0) is 47.4 Å². The highest BCUT2D eigenvalue weighted by Gasteiger charge is 2.30. The third-order valence-electron chi connectivity index (χ3n) is 5.13. The summed E-state index contributed by atoms with van der Waals surface area (Å²) in [6.45, 7) is 7.36. The Bertz CT molecular complexity index is 975. The average molecular weight is 451 g/mol. The molecule has 1 fully saturated rings. The van der Waals surface area contributed by atoms with E-state index in [-0.39, 0.29) is 35.9 Å². The van der Waals surface area contributed by atoms with Crippen molar-refractivity contribution in [3.8, 4) is 5.75 Å². The second-order valence-corrected chi connectivity index (χ2v) is 10.7. The van der Waals surface area contributed by atoms with Crippen LogP contribution in [0.4, 0.5) is 0 Å². The van der Waals surface area contributed by atoms with Gasteiger partial charge in [-0.25, -0.2) is 8.42 Å². The fraction of sp³-hybridized carbons (Fsp3) is 0.409. The van der Waals surface area contributed by atoms with Gasteiger partial charge in [0, 0.05) is 31.2 Å². The maximum Gasteiger partial charge on any atom is 0.260 e. The van der Waals surface area contributed by atoms with E-state index in [0.29, 0.717) is 23.9 Å². The van der Waals surface area contributed by atoms with Crippen molar-refractivity contribution in [2.45, 2.75) is 31.1 Å². The standard InChI is InChI=1S/C22H27ClN2O4S/c1-22(2,3)17-4-10-20(11-5-17)30(27,28)25-14-12-24(13-15-25)21(26)16-29-19-8-6-18(23)7-9-19/h4-11H,12-16H2,1-3H3. The molecule has 8 heteroatoms. The molecule has 1 saturated heterocycles. The molecule has 0 N–H and O–H groups in total. The zero-order chi connectivity index (χ0) is 21.9. The molecule has 0 aliphatic carbocycles. The van der Waals surface area contributed by atoms with Crippen LogP contribution in [0.3, 0.4) is 0 Å². The van der Waals surface area contributed by atoms with Crippen molar-refractivity contribution in [2.75, 3.05) is 32.8 Å². The van der Waals surface area contributed by atoms with E-state index in [1.165, 1.54) is 4.31 Å². The molecule has 0 aromatic heterocycles. The molecule has 3 rings (SSSR count). The van der Waals surface area contributed by atoms with Crippen LogP contribution < -0.4 is 4.74 Å². The lowest BCUT2D eigenvalue weighted by Gasteiger charge is -2.34. The minimum absolute atomic E-state index is 0.0393. The van der Waals surface area contributed by atoms with Gasteiger partial charge in [-0.15, -0.1) is 0 Å². The number of amides is 1. The quantitative estimate of drug-likeness (QED) is 0.698. The molecule has 1 aliphatic heterocycles. The number of carbonyl (C=O) groups excluding carboxylic acids is 1. The molecular formula is C22H27ClN2O4S. The molecule has 2 aromatic rings. The lowest BCUT2D eigenvalue weighted by atomic mass is 9.87. The Morgan fingerprint density at radius 1 is 0.967 bits per heavy atom. The highest BCUT2D eigenvalue weighted by Crippen LogP contribution is 2.25. The largest absolute Gasteiger partial charge is 0.484 e. The van der Waals surface area contributed by atoms with Crippen LogP contribution in [0.15, 0.2) is 53.4 Å². The molecular weight excluding hydrogens is 424 g/mol. The molecule has 0 saturated carbocycles. The summed E-state index contributed by atoms with van der Waals surface area (Å²) in [5.41, 5.74) is 1.04. The Hall–Kier alpha value is -2.09. The van der Waals surface area contributed by atoms with E-state index in [4.69, 9.17) is 16.3 Å². The second kappa shape index (κ2) is 8.96. The molecule has 0 unspecified atom stereocenters. The van der Waals surface area contributed by atoms with Crippen molar-refractivity contribution in [3.05, 3.63) is 59.1 Å². The van der Waals surface area contributed by atoms with Crippen LogP contribution in [0.25, 0.3) is 0 Å². The molecule has 1 heterocycles. The van der Waals surface area contributed by atoms with Gasteiger partial charge in [0.2, 0.25) is 10.0 Å². The number of hydrogen-bond donors (Lipinski definition) is 0. The molecule has 0 atom stereocenters. The fourth-order valence-electron chi connectivity index (χ4n) is 3.22. The van der Waals surface area contributed by atoms with Gasteiger partial charge in [0.1, 0.15) is 5.75 Å². The van der Waals surface area contributed by atoms with Gasteiger partial charge in [-0.1, -0.05) is 44.5 Å². The average Bonchev–Trinajstić information content (AvgIpc) is 2.72. The van der Waals surface area contributed by atoms with E-state index in [9.17, 15) is 13.2 Å². The Kier molecular flexibility index (Phi) is 6.75. The van der Waals surface area contributed by atoms with Crippen LogP contribution >= 0.6 is 11.6 Å². The molecule has 0 radical (unpaired) electrons. The summed E-state index contributed by atoms with van der Waals surface area (Å²) in [6, 6.07) is 13.8. The first-order valence-corrected chi connectivity index (χ1v) is 11.7. The third-order valence-corrected chi connectivity index (χ3v) is 7.29. The highest BCUT2D eigenvalue weighted by molar-refractivity contribution is 7.89. The Labute approximate surface area is 183 Å². The number of nitrogens with zero attached hydrogens (tertiary/aromatic N) is 2. The van der Waals surface area contributed by atoms with Crippen LogP contribution in [-0.4, -0.2) is 56.3 Å². The lowest BCUT2D eigenvalue weighted by molar-refractivity contribution is -0.134. The predicted octanol–water partition coefficient (Wildman–Crippen LogP) is 3.55. The Balaban J connectivity index is 1.56. The SMILES string of the molecule is CC(C)(C)c1ccc(S(=O)(=O)N2CCN(C(=O)COc3ccc(Cl)cc3)CC2)cc1. The van der Waals surface area contributed by atoms with Gasteiger partial charge in [0.05, 0.1) is 4.90 Å². The van der Waals surface area contributed by atoms with E-state index in [1.807, 2.05) is 12.1 Å². The number of ether oxygens (including phenoxy) is 1. The van der Waals surface area contributed by atoms with Gasteiger partial charge >= 0.3 is 0 Å². The Morgan fingerprint density at radius 3 is 2.07 bits per heavy atom. The van der Waals surface area contributed by atoms with Crippen molar-refractivity contribution in [1.82, 2.24) is 9.21 Å². The number of sulfonamides is 1. The van der Waals surface area contributed by atoms with Crippen LogP contribution in [0.2, 0.25) is 5.02 Å². The Morgan fingerprint density at radius 2 is 1.53 bits per heavy atom. The molecule has 1 aliphatic rings. The van der Waals surface area contributed by atoms with Crippen molar-refractivity contribution in [2.24, 2.45) is 0 Å². The zero-order valence-electron chi connectivity index (χ0n) is 17.5. The van der Waals surface area contributed by atoms with Crippen LogP contribution in [0, 0.1) is 0 Å². The van der Waals surface area contributed by atoms with Gasteiger partial charge < -0.3 is 9.64 Å². The van der Waals surface area contributed by atoms with Crippen molar-refractivity contribution < 1.29 is 17.9 Å². The highest BCUT2D eigenvalue weighted by atomic mass is 35.5. The summed E-state index contributed by atoms with van der Waals surface area (Å²) in [6.07, 6.45) is 0. The summed E-state index contributed by atoms with van der Waals surface area (Å²) < 4.78 is 32.8. The first kappa shape index (κ1) is 22.6. The molecule has 0 bridgehead atoms. The zero-order valence-corrected chi connectivity index (χ0v) is 19.0. The van der Waals surface area contributed by atoms with E-state index >= 15 is 0 Å². The maximum atomic E-state index is 12.9. The van der Waals surface area contributed by atoms with Gasteiger partial charge in [0.25, 0.3) is 5.91 Å². The van der Waals surface area contributed by atoms with E-state index < -0.39 is 10.0 Å². The molecule has 30 heavy (non-hydrogen) atoms. The van der Waals surface area contributed by atoms with Crippen molar-refractivity contribution >= 4 is 27.5 Å². The normalized spacial score (nSPS) is 15.8. The minimum Gasteiger partial charge on any atom is -0.484 e. The molecule has 0 spiro atoms. The summed E-state index contributed by atoms with van der Waals surface area (Å²) in [5.74, 6) is 0.393. The predicted molar refractivity (Wildman–Crippen MR) is 117 cm³/mol. The fourth-order valence-corrected chi connectivity index (χ4v) is 4.77. The lowest BCUT2D eigenvalue weighted by Crippen LogP contribution is -2.51. The van der Waals surface area contributed by atoms with Gasteiger partial charge in [0.15, 0.2) is 6.61 Å². The van der Waals surface area contributed by atoms with Gasteiger partial charge in [-0.3, -0.25) is 4.79 Å². The summed E-state index contributed by atoms with van der Waals surface area (Å²) in [4.78, 5) is 14.3. The topological polar surface area (TPSA) is 66.9 Å². The number of rotatable bonds is 5. The number of benzene rings is 2. The van der Waals surface area contributed by atoms with Crippen LogP contribution in [-0.2, 0) is 20.2 Å². The first-order chi connectivity index (χ1) is 14.1. The monoisotopic (exact) mass is 450 g/mol. The van der Waals surface area contributed by atoms with Crippen LogP contribution in [0.5, 0.6) is 5.75 Å². The summed E-state index contributed by atoms with van der Waals surface area (Å²) in [5, 5.41) is 0.596. The summed E-state index contributed by atoms with van der Waals surface area (Å²) >= 11 is 5.83. The summed E-state index contributed by atoms with van der Waals surface area (Å²) in [7, 11) is -3.58. The molecule has 2 aromatic carbocycles. The van der Waals surface area contributed by atoms with Crippen molar-refractivity contribution in [3.63, 3.8) is 0 Å². The minimum atomic E-state index is -3.58. The van der Waals surface area contributed by atoms with E-state index in [1.54, 1.807) is 41.3 Å². The van der Waals surface area contributed by atoms with Crippen LogP contribution in [0.1, 0.15) is 26.3 Å². The smallest absolute Gasteiger partial charge is 0.260 e. The number of piperazine rings is 1. The molecule has 1 amide bonds. The maximum absolute atomic E-state index is 12.9.